The quantitative estimate of drug-likeness (QED) is 0.750. The Labute approximate surface area is 111 Å². The molecule has 18 heavy (non-hydrogen) atoms. The van der Waals surface area contributed by atoms with Crippen molar-refractivity contribution >= 4 is 5.82 Å². The molecule has 100 valence electrons. The van der Waals surface area contributed by atoms with Crippen molar-refractivity contribution in [1.29, 1.82) is 0 Å². The van der Waals surface area contributed by atoms with E-state index in [1.165, 1.54) is 5.56 Å². The molecule has 1 heterocycles. The van der Waals surface area contributed by atoms with Gasteiger partial charge in [-0.15, -0.1) is 6.58 Å². The predicted octanol–water partition coefficient (Wildman–Crippen LogP) is 3.15. The highest BCUT2D eigenvalue weighted by atomic mass is 15.2. The zero-order valence-corrected chi connectivity index (χ0v) is 12.0. The van der Waals surface area contributed by atoms with Crippen LogP contribution in [0.5, 0.6) is 0 Å². The summed E-state index contributed by atoms with van der Waals surface area (Å²) in [5.41, 5.74) is 1.22. The molecule has 0 saturated carbocycles. The highest BCUT2D eigenvalue weighted by Crippen LogP contribution is 2.17. The lowest BCUT2D eigenvalue weighted by molar-refractivity contribution is 0.595. The van der Waals surface area contributed by atoms with Crippen LogP contribution in [-0.2, 0) is 0 Å². The van der Waals surface area contributed by atoms with E-state index in [9.17, 15) is 0 Å². The standard InChI is InChI=1S/C15H25N3/c1-6-10-18(12(3)4)15-9-8-14(11-17-15)13(5)16-7-2/h6,8-9,11-13,16H,1,7,10H2,2-5H3. The third kappa shape index (κ3) is 3.84. The van der Waals surface area contributed by atoms with E-state index in [2.05, 4.69) is 61.6 Å². The summed E-state index contributed by atoms with van der Waals surface area (Å²) in [6, 6.07) is 5.01. The predicted molar refractivity (Wildman–Crippen MR) is 79.0 cm³/mol. The molecule has 0 aliphatic heterocycles. The van der Waals surface area contributed by atoms with Crippen molar-refractivity contribution in [2.24, 2.45) is 0 Å². The van der Waals surface area contributed by atoms with Crippen molar-refractivity contribution in [3.05, 3.63) is 36.5 Å². The normalized spacial score (nSPS) is 12.5. The molecule has 1 aromatic heterocycles. The number of rotatable bonds is 7. The van der Waals surface area contributed by atoms with E-state index in [4.69, 9.17) is 0 Å². The molecule has 0 aliphatic carbocycles. The van der Waals surface area contributed by atoms with Crippen molar-refractivity contribution in [2.75, 3.05) is 18.0 Å². The van der Waals surface area contributed by atoms with Gasteiger partial charge in [0.1, 0.15) is 5.82 Å². The second-order valence-electron chi connectivity index (χ2n) is 4.76. The van der Waals surface area contributed by atoms with E-state index >= 15 is 0 Å². The monoisotopic (exact) mass is 247 g/mol. The largest absolute Gasteiger partial charge is 0.350 e. The number of hydrogen-bond acceptors (Lipinski definition) is 3. The molecule has 0 amide bonds. The minimum absolute atomic E-state index is 0.350. The summed E-state index contributed by atoms with van der Waals surface area (Å²) < 4.78 is 0. The molecule has 0 spiro atoms. The lowest BCUT2D eigenvalue weighted by Crippen LogP contribution is -2.31. The molecule has 0 aromatic carbocycles. The molecule has 1 N–H and O–H groups in total. The highest BCUT2D eigenvalue weighted by Gasteiger charge is 2.11. The van der Waals surface area contributed by atoms with Crippen LogP contribution in [0.25, 0.3) is 0 Å². The van der Waals surface area contributed by atoms with Gasteiger partial charge >= 0.3 is 0 Å². The van der Waals surface area contributed by atoms with Crippen LogP contribution < -0.4 is 10.2 Å². The third-order valence-corrected chi connectivity index (χ3v) is 3.02. The van der Waals surface area contributed by atoms with Crippen LogP contribution in [0.3, 0.4) is 0 Å². The Morgan fingerprint density at radius 1 is 1.39 bits per heavy atom. The van der Waals surface area contributed by atoms with Gasteiger partial charge in [0.25, 0.3) is 0 Å². The highest BCUT2D eigenvalue weighted by molar-refractivity contribution is 5.41. The molecular weight excluding hydrogens is 222 g/mol. The summed E-state index contributed by atoms with van der Waals surface area (Å²) in [5.74, 6) is 1.01. The first-order valence-corrected chi connectivity index (χ1v) is 6.67. The average Bonchev–Trinajstić information content (AvgIpc) is 2.36. The van der Waals surface area contributed by atoms with Gasteiger partial charge < -0.3 is 10.2 Å². The number of pyridine rings is 1. The van der Waals surface area contributed by atoms with Gasteiger partial charge in [0.2, 0.25) is 0 Å². The Morgan fingerprint density at radius 2 is 2.11 bits per heavy atom. The fraction of sp³-hybridized carbons (Fsp3) is 0.533. The summed E-state index contributed by atoms with van der Waals surface area (Å²) in [4.78, 5) is 6.79. The van der Waals surface area contributed by atoms with Crippen LogP contribution in [0.4, 0.5) is 5.82 Å². The van der Waals surface area contributed by atoms with E-state index in [0.29, 0.717) is 12.1 Å². The Balaban J connectivity index is 2.83. The van der Waals surface area contributed by atoms with Gasteiger partial charge in [-0.3, -0.25) is 0 Å². The summed E-state index contributed by atoms with van der Waals surface area (Å²) in [5, 5.41) is 3.39. The van der Waals surface area contributed by atoms with E-state index in [0.717, 1.165) is 18.9 Å². The van der Waals surface area contributed by atoms with Gasteiger partial charge in [0.15, 0.2) is 0 Å². The molecule has 0 aliphatic rings. The van der Waals surface area contributed by atoms with Gasteiger partial charge in [0.05, 0.1) is 0 Å². The van der Waals surface area contributed by atoms with E-state index in [1.54, 1.807) is 0 Å². The smallest absolute Gasteiger partial charge is 0.128 e. The SMILES string of the molecule is C=CCN(c1ccc(C(C)NCC)cn1)C(C)C. The molecule has 0 saturated heterocycles. The van der Waals surface area contributed by atoms with Crippen molar-refractivity contribution in [1.82, 2.24) is 10.3 Å². The van der Waals surface area contributed by atoms with Crippen LogP contribution in [0, 0.1) is 0 Å². The minimum Gasteiger partial charge on any atom is -0.350 e. The molecule has 1 rings (SSSR count). The van der Waals surface area contributed by atoms with Gasteiger partial charge in [-0.05, 0) is 38.9 Å². The Bertz CT molecular complexity index is 357. The first-order valence-electron chi connectivity index (χ1n) is 6.67. The second kappa shape index (κ2) is 7.17. The Morgan fingerprint density at radius 3 is 2.56 bits per heavy atom. The molecule has 0 fully saturated rings. The lowest BCUT2D eigenvalue weighted by atomic mass is 10.1. The molecule has 0 bridgehead atoms. The van der Waals surface area contributed by atoms with Gasteiger partial charge in [-0.25, -0.2) is 4.98 Å². The van der Waals surface area contributed by atoms with Gasteiger partial charge in [0, 0.05) is 24.8 Å². The molecule has 3 heteroatoms. The Kier molecular flexibility index (Phi) is 5.86. The maximum Gasteiger partial charge on any atom is 0.128 e. The van der Waals surface area contributed by atoms with E-state index in [-0.39, 0.29) is 0 Å². The number of aromatic nitrogens is 1. The topological polar surface area (TPSA) is 28.2 Å². The first kappa shape index (κ1) is 14.7. The third-order valence-electron chi connectivity index (χ3n) is 3.02. The van der Waals surface area contributed by atoms with Crippen LogP contribution in [0.1, 0.15) is 39.3 Å². The fourth-order valence-corrected chi connectivity index (χ4v) is 1.96. The van der Waals surface area contributed by atoms with Crippen LogP contribution in [-0.4, -0.2) is 24.1 Å². The lowest BCUT2D eigenvalue weighted by Gasteiger charge is -2.26. The van der Waals surface area contributed by atoms with E-state index < -0.39 is 0 Å². The first-order chi connectivity index (χ1) is 8.60. The fourth-order valence-electron chi connectivity index (χ4n) is 1.96. The van der Waals surface area contributed by atoms with Crippen LogP contribution >= 0.6 is 0 Å². The van der Waals surface area contributed by atoms with Crippen LogP contribution in [0.15, 0.2) is 31.0 Å². The molecule has 1 unspecified atom stereocenters. The number of nitrogens with zero attached hydrogens (tertiary/aromatic N) is 2. The van der Waals surface area contributed by atoms with Crippen molar-refractivity contribution in [3.8, 4) is 0 Å². The minimum atomic E-state index is 0.350. The van der Waals surface area contributed by atoms with Crippen molar-refractivity contribution in [2.45, 2.75) is 39.8 Å². The summed E-state index contributed by atoms with van der Waals surface area (Å²) >= 11 is 0. The second-order valence-corrected chi connectivity index (χ2v) is 4.76. The van der Waals surface area contributed by atoms with Crippen molar-refractivity contribution < 1.29 is 0 Å². The summed E-state index contributed by atoms with van der Waals surface area (Å²) in [6.45, 7) is 14.2. The van der Waals surface area contributed by atoms with E-state index in [1.807, 2.05) is 12.3 Å². The van der Waals surface area contributed by atoms with Crippen molar-refractivity contribution in [3.63, 3.8) is 0 Å². The zero-order valence-electron chi connectivity index (χ0n) is 12.0. The van der Waals surface area contributed by atoms with Crippen LogP contribution in [0.2, 0.25) is 0 Å². The number of hydrogen-bond donors (Lipinski definition) is 1. The molecule has 3 nitrogen and oxygen atoms in total. The average molecular weight is 247 g/mol. The van der Waals surface area contributed by atoms with Gasteiger partial charge in [-0.2, -0.15) is 0 Å². The summed E-state index contributed by atoms with van der Waals surface area (Å²) in [6.07, 6.45) is 3.87. The maximum atomic E-state index is 4.56. The summed E-state index contributed by atoms with van der Waals surface area (Å²) in [7, 11) is 0. The molecule has 0 radical (unpaired) electrons. The molecule has 1 atom stereocenters. The maximum absolute atomic E-state index is 4.56. The number of nitrogens with one attached hydrogen (secondary N) is 1. The Hall–Kier alpha value is -1.35. The zero-order chi connectivity index (χ0) is 13.5. The van der Waals surface area contributed by atoms with Gasteiger partial charge in [-0.1, -0.05) is 19.1 Å². The number of anilines is 1. The molecule has 1 aromatic rings. The molecular formula is C15H25N3.